The van der Waals surface area contributed by atoms with Gasteiger partial charge in [-0.1, -0.05) is 35.3 Å². The summed E-state index contributed by atoms with van der Waals surface area (Å²) in [6.45, 7) is 0.0914. The van der Waals surface area contributed by atoms with Crippen LogP contribution in [0, 0.1) is 5.92 Å². The Bertz CT molecular complexity index is 902. The highest BCUT2D eigenvalue weighted by Crippen LogP contribution is 2.36. The lowest BCUT2D eigenvalue weighted by atomic mass is 10.1. The smallest absolute Gasteiger partial charge is 0.326 e. The van der Waals surface area contributed by atoms with Gasteiger partial charge in [-0.15, -0.1) is 0 Å². The summed E-state index contributed by atoms with van der Waals surface area (Å²) in [5.74, 6) is -1.54. The van der Waals surface area contributed by atoms with E-state index in [1.54, 1.807) is 24.3 Å². The van der Waals surface area contributed by atoms with Gasteiger partial charge in [-0.05, 0) is 30.3 Å². The number of rotatable bonds is 3. The zero-order valence-corrected chi connectivity index (χ0v) is 15.2. The molecule has 0 aromatic heterocycles. The van der Waals surface area contributed by atoms with Crippen molar-refractivity contribution < 1.29 is 22.8 Å². The van der Waals surface area contributed by atoms with Crippen LogP contribution in [0.1, 0.15) is 12.0 Å². The van der Waals surface area contributed by atoms with Gasteiger partial charge in [0.15, 0.2) is 0 Å². The van der Waals surface area contributed by atoms with Crippen molar-refractivity contribution in [2.24, 2.45) is 5.92 Å². The predicted molar refractivity (Wildman–Crippen MR) is 97.0 cm³/mol. The third kappa shape index (κ3) is 4.20. The van der Waals surface area contributed by atoms with E-state index in [0.717, 1.165) is 12.1 Å². The van der Waals surface area contributed by atoms with E-state index >= 15 is 0 Å². The summed E-state index contributed by atoms with van der Waals surface area (Å²) in [7, 11) is 0. The molecule has 0 spiro atoms. The van der Waals surface area contributed by atoms with Gasteiger partial charge in [0.25, 0.3) is 0 Å². The Labute approximate surface area is 162 Å². The Morgan fingerprint density at radius 1 is 1.11 bits per heavy atom. The van der Waals surface area contributed by atoms with Gasteiger partial charge in [0, 0.05) is 18.7 Å². The zero-order chi connectivity index (χ0) is 19.8. The summed E-state index contributed by atoms with van der Waals surface area (Å²) in [6.07, 6.45) is -4.70. The third-order valence-corrected chi connectivity index (χ3v) is 4.83. The minimum absolute atomic E-state index is 0.0413. The van der Waals surface area contributed by atoms with Gasteiger partial charge in [-0.25, -0.2) is 0 Å². The number of nitrogens with zero attached hydrogens (tertiary/aromatic N) is 1. The average Bonchev–Trinajstić information content (AvgIpc) is 2.98. The monoisotopic (exact) mass is 416 g/mol. The van der Waals surface area contributed by atoms with E-state index in [4.69, 9.17) is 23.2 Å². The van der Waals surface area contributed by atoms with Crippen LogP contribution in [0.3, 0.4) is 0 Å². The number of benzene rings is 2. The van der Waals surface area contributed by atoms with Crippen LogP contribution in [0.25, 0.3) is 0 Å². The minimum Gasteiger partial charge on any atom is -0.326 e. The van der Waals surface area contributed by atoms with Crippen molar-refractivity contribution in [2.45, 2.75) is 12.6 Å². The molecule has 4 nitrogen and oxygen atoms in total. The van der Waals surface area contributed by atoms with Crippen LogP contribution >= 0.6 is 23.2 Å². The largest absolute Gasteiger partial charge is 0.417 e. The van der Waals surface area contributed by atoms with Crippen LogP contribution in [-0.2, 0) is 15.8 Å². The molecule has 1 heterocycles. The maximum absolute atomic E-state index is 12.9. The summed E-state index contributed by atoms with van der Waals surface area (Å²) < 4.78 is 38.8. The van der Waals surface area contributed by atoms with Gasteiger partial charge in [-0.2, -0.15) is 13.2 Å². The summed E-state index contributed by atoms with van der Waals surface area (Å²) in [5.41, 5.74) is -0.590. The fraction of sp³-hybridized carbons (Fsp3) is 0.222. The maximum atomic E-state index is 12.9. The van der Waals surface area contributed by atoms with E-state index in [2.05, 4.69) is 5.32 Å². The summed E-state index contributed by atoms with van der Waals surface area (Å²) in [4.78, 5) is 26.1. The molecule has 1 saturated heterocycles. The first-order valence-corrected chi connectivity index (χ1v) is 8.65. The Morgan fingerprint density at radius 2 is 1.81 bits per heavy atom. The van der Waals surface area contributed by atoms with Gasteiger partial charge < -0.3 is 10.2 Å². The second-order valence-corrected chi connectivity index (χ2v) is 6.85. The van der Waals surface area contributed by atoms with Crippen molar-refractivity contribution in [3.63, 3.8) is 0 Å². The van der Waals surface area contributed by atoms with Crippen molar-refractivity contribution in [1.82, 2.24) is 0 Å². The molecule has 0 unspecified atom stereocenters. The minimum atomic E-state index is -4.64. The van der Waals surface area contributed by atoms with Crippen molar-refractivity contribution in [3.8, 4) is 0 Å². The molecule has 2 aromatic carbocycles. The van der Waals surface area contributed by atoms with Crippen LogP contribution in [0.2, 0.25) is 10.0 Å². The molecule has 0 bridgehead atoms. The number of hydrogen-bond acceptors (Lipinski definition) is 2. The van der Waals surface area contributed by atoms with Crippen molar-refractivity contribution in [1.29, 1.82) is 0 Å². The van der Waals surface area contributed by atoms with Gasteiger partial charge in [-0.3, -0.25) is 9.59 Å². The molecule has 2 amide bonds. The number of nitrogens with one attached hydrogen (secondary N) is 1. The van der Waals surface area contributed by atoms with Gasteiger partial charge in [0.05, 0.1) is 27.2 Å². The maximum Gasteiger partial charge on any atom is 0.417 e. The number of carbonyl (C=O) groups is 2. The first-order valence-electron chi connectivity index (χ1n) is 7.89. The van der Waals surface area contributed by atoms with Gasteiger partial charge in [0.2, 0.25) is 11.8 Å². The fourth-order valence-electron chi connectivity index (χ4n) is 2.85. The summed E-state index contributed by atoms with van der Waals surface area (Å²) >= 11 is 11.7. The quantitative estimate of drug-likeness (QED) is 0.764. The van der Waals surface area contributed by atoms with E-state index in [1.807, 2.05) is 0 Å². The third-order valence-electron chi connectivity index (χ3n) is 4.18. The molecular formula is C18H13Cl2F3N2O2. The molecule has 0 radical (unpaired) electrons. The lowest BCUT2D eigenvalue weighted by Crippen LogP contribution is -2.28. The standard InChI is InChI=1S/C18H13Cl2F3N2O2/c19-13-6-5-11(8-12(13)18(21,22)23)24-17(27)10-7-16(26)25(9-10)15-4-2-1-3-14(15)20/h1-6,8,10H,7,9H2,(H,24,27)/t10-/m1/s1. The molecule has 0 saturated carbocycles. The summed E-state index contributed by atoms with van der Waals surface area (Å²) in [6, 6.07) is 9.83. The number of halogens is 5. The Balaban J connectivity index is 1.75. The molecular weight excluding hydrogens is 404 g/mol. The Kier molecular flexibility index (Phi) is 5.35. The molecule has 3 rings (SSSR count). The first-order chi connectivity index (χ1) is 12.7. The van der Waals surface area contributed by atoms with Crippen LogP contribution in [-0.4, -0.2) is 18.4 Å². The molecule has 0 aliphatic carbocycles. The number of carbonyl (C=O) groups excluding carboxylic acids is 2. The lowest BCUT2D eigenvalue weighted by molar-refractivity contribution is -0.137. The second kappa shape index (κ2) is 7.40. The zero-order valence-electron chi connectivity index (χ0n) is 13.7. The average molecular weight is 417 g/mol. The van der Waals surface area contributed by atoms with E-state index < -0.39 is 28.6 Å². The molecule has 1 aliphatic heterocycles. The molecule has 1 fully saturated rings. The highest BCUT2D eigenvalue weighted by molar-refractivity contribution is 6.34. The Hall–Kier alpha value is -2.25. The number of para-hydroxylation sites is 1. The van der Waals surface area contributed by atoms with Gasteiger partial charge >= 0.3 is 6.18 Å². The molecule has 1 atom stereocenters. The summed E-state index contributed by atoms with van der Waals surface area (Å²) in [5, 5.41) is 2.34. The van der Waals surface area contributed by atoms with Crippen LogP contribution < -0.4 is 10.2 Å². The topological polar surface area (TPSA) is 49.4 Å². The number of amides is 2. The van der Waals surface area contributed by atoms with Crippen LogP contribution in [0.4, 0.5) is 24.5 Å². The van der Waals surface area contributed by atoms with E-state index in [-0.39, 0.29) is 24.6 Å². The molecule has 1 N–H and O–H groups in total. The molecule has 2 aromatic rings. The van der Waals surface area contributed by atoms with Crippen molar-refractivity contribution in [3.05, 3.63) is 58.1 Å². The predicted octanol–water partition coefficient (Wildman–Crippen LogP) is 5.00. The fourth-order valence-corrected chi connectivity index (χ4v) is 3.31. The molecule has 1 aliphatic rings. The first kappa shape index (κ1) is 19.5. The van der Waals surface area contributed by atoms with E-state index in [1.165, 1.54) is 11.0 Å². The van der Waals surface area contributed by atoms with E-state index in [9.17, 15) is 22.8 Å². The molecule has 142 valence electrons. The Morgan fingerprint density at radius 3 is 2.48 bits per heavy atom. The van der Waals surface area contributed by atoms with Crippen LogP contribution in [0.15, 0.2) is 42.5 Å². The van der Waals surface area contributed by atoms with Crippen LogP contribution in [0.5, 0.6) is 0 Å². The number of alkyl halides is 3. The number of anilines is 2. The molecule has 27 heavy (non-hydrogen) atoms. The highest BCUT2D eigenvalue weighted by Gasteiger charge is 2.37. The normalized spacial score (nSPS) is 17.3. The van der Waals surface area contributed by atoms with E-state index in [0.29, 0.717) is 10.7 Å². The van der Waals surface area contributed by atoms with Gasteiger partial charge in [0.1, 0.15) is 0 Å². The lowest BCUT2D eigenvalue weighted by Gasteiger charge is -2.18. The van der Waals surface area contributed by atoms with Crippen molar-refractivity contribution >= 4 is 46.4 Å². The molecule has 9 heteroatoms. The number of hydrogen-bond donors (Lipinski definition) is 1. The second-order valence-electron chi connectivity index (χ2n) is 6.04. The van der Waals surface area contributed by atoms with Crippen molar-refractivity contribution in [2.75, 3.05) is 16.8 Å². The highest BCUT2D eigenvalue weighted by atomic mass is 35.5. The SMILES string of the molecule is O=C(Nc1ccc(Cl)c(C(F)(F)F)c1)[C@@H]1CC(=O)N(c2ccccc2Cl)C1.